The van der Waals surface area contributed by atoms with Gasteiger partial charge >= 0.3 is 0 Å². The first-order valence-electron chi connectivity index (χ1n) is 10.3. The minimum atomic E-state index is -0.132. The zero-order chi connectivity index (χ0) is 21.9. The summed E-state index contributed by atoms with van der Waals surface area (Å²) in [6.07, 6.45) is 1.86. The summed E-state index contributed by atoms with van der Waals surface area (Å²) in [4.78, 5) is 21.1. The van der Waals surface area contributed by atoms with Crippen LogP contribution in [0.3, 0.4) is 0 Å². The van der Waals surface area contributed by atoms with Crippen LogP contribution in [-0.4, -0.2) is 25.6 Å². The standard InChI is InChI=1S/C25H21N5O2/c1-17-28-25(32-29-17)21-12-10-20(11-13-21)24(31)26-14-18-6-8-19(9-7-18)15-30-16-27-22-4-2-3-5-23(22)30/h2-13,16H,14-15H2,1H3,(H,26,31). The topological polar surface area (TPSA) is 85.8 Å². The van der Waals surface area contributed by atoms with E-state index in [2.05, 4.69) is 43.2 Å². The second-order valence-corrected chi connectivity index (χ2v) is 7.58. The van der Waals surface area contributed by atoms with Crippen molar-refractivity contribution in [2.24, 2.45) is 0 Å². The van der Waals surface area contributed by atoms with E-state index in [1.54, 1.807) is 31.2 Å². The van der Waals surface area contributed by atoms with Crippen molar-refractivity contribution in [3.8, 4) is 11.5 Å². The molecular weight excluding hydrogens is 402 g/mol. The van der Waals surface area contributed by atoms with Crippen molar-refractivity contribution < 1.29 is 9.32 Å². The summed E-state index contributed by atoms with van der Waals surface area (Å²) >= 11 is 0. The number of hydrogen-bond acceptors (Lipinski definition) is 5. The summed E-state index contributed by atoms with van der Waals surface area (Å²) in [6, 6.07) is 23.4. The monoisotopic (exact) mass is 423 g/mol. The number of para-hydroxylation sites is 2. The summed E-state index contributed by atoms with van der Waals surface area (Å²) in [6.45, 7) is 2.97. The Morgan fingerprint density at radius 3 is 2.47 bits per heavy atom. The number of aromatic nitrogens is 4. The van der Waals surface area contributed by atoms with Crippen molar-refractivity contribution in [3.05, 3.63) is 102 Å². The largest absolute Gasteiger partial charge is 0.348 e. The molecule has 0 saturated heterocycles. The number of nitrogens with one attached hydrogen (secondary N) is 1. The Bertz CT molecular complexity index is 1370. The van der Waals surface area contributed by atoms with Gasteiger partial charge in [0, 0.05) is 24.2 Å². The van der Waals surface area contributed by atoms with E-state index in [4.69, 9.17) is 4.52 Å². The highest BCUT2D eigenvalue weighted by molar-refractivity contribution is 5.94. The maximum absolute atomic E-state index is 12.5. The van der Waals surface area contributed by atoms with Gasteiger partial charge in [-0.05, 0) is 54.4 Å². The molecule has 7 heteroatoms. The number of carbonyl (C=O) groups is 1. The number of rotatable bonds is 6. The van der Waals surface area contributed by atoms with Crippen molar-refractivity contribution >= 4 is 16.9 Å². The minimum Gasteiger partial charge on any atom is -0.348 e. The zero-order valence-corrected chi connectivity index (χ0v) is 17.5. The SMILES string of the molecule is Cc1noc(-c2ccc(C(=O)NCc3ccc(Cn4cnc5ccccc54)cc3)cc2)n1. The Morgan fingerprint density at radius 2 is 1.72 bits per heavy atom. The quantitative estimate of drug-likeness (QED) is 0.438. The van der Waals surface area contributed by atoms with Gasteiger partial charge in [0.15, 0.2) is 5.82 Å². The first-order valence-corrected chi connectivity index (χ1v) is 10.3. The summed E-state index contributed by atoms with van der Waals surface area (Å²) in [7, 11) is 0. The predicted octanol–water partition coefficient (Wildman–Crippen LogP) is 4.37. The van der Waals surface area contributed by atoms with E-state index in [0.29, 0.717) is 23.8 Å². The molecule has 5 rings (SSSR count). The van der Waals surface area contributed by atoms with E-state index in [1.165, 1.54) is 5.56 Å². The highest BCUT2D eigenvalue weighted by atomic mass is 16.5. The highest BCUT2D eigenvalue weighted by Crippen LogP contribution is 2.18. The fraction of sp³-hybridized carbons (Fsp3) is 0.120. The van der Waals surface area contributed by atoms with Gasteiger partial charge in [-0.25, -0.2) is 4.98 Å². The van der Waals surface area contributed by atoms with E-state index >= 15 is 0 Å². The number of amides is 1. The smallest absolute Gasteiger partial charge is 0.257 e. The average molecular weight is 423 g/mol. The molecule has 0 aliphatic carbocycles. The van der Waals surface area contributed by atoms with Crippen LogP contribution < -0.4 is 5.32 Å². The maximum atomic E-state index is 12.5. The van der Waals surface area contributed by atoms with Gasteiger partial charge in [-0.3, -0.25) is 4.79 Å². The van der Waals surface area contributed by atoms with Gasteiger partial charge < -0.3 is 14.4 Å². The fourth-order valence-electron chi connectivity index (χ4n) is 3.56. The Labute approximate surface area is 184 Å². The van der Waals surface area contributed by atoms with E-state index in [9.17, 15) is 4.79 Å². The van der Waals surface area contributed by atoms with Crippen LogP contribution in [0, 0.1) is 6.92 Å². The first-order chi connectivity index (χ1) is 15.7. The molecule has 0 spiro atoms. The van der Waals surface area contributed by atoms with Crippen molar-refractivity contribution in [2.45, 2.75) is 20.0 Å². The first kappa shape index (κ1) is 19.7. The van der Waals surface area contributed by atoms with Crippen molar-refractivity contribution in [1.82, 2.24) is 25.0 Å². The lowest BCUT2D eigenvalue weighted by Gasteiger charge is -2.08. The molecule has 0 bridgehead atoms. The lowest BCUT2D eigenvalue weighted by molar-refractivity contribution is 0.0951. The molecule has 3 aromatic carbocycles. The lowest BCUT2D eigenvalue weighted by Crippen LogP contribution is -2.22. The van der Waals surface area contributed by atoms with Gasteiger partial charge in [0.05, 0.1) is 17.4 Å². The number of fused-ring (bicyclic) bond motifs is 1. The molecule has 158 valence electrons. The number of aryl methyl sites for hydroxylation is 1. The van der Waals surface area contributed by atoms with Crippen molar-refractivity contribution in [2.75, 3.05) is 0 Å². The van der Waals surface area contributed by atoms with E-state index < -0.39 is 0 Å². The summed E-state index contributed by atoms with van der Waals surface area (Å²) in [5.41, 5.74) is 5.68. The molecule has 0 atom stereocenters. The Hall–Kier alpha value is -4.26. The summed E-state index contributed by atoms with van der Waals surface area (Å²) < 4.78 is 7.28. The number of nitrogens with zero attached hydrogens (tertiary/aromatic N) is 4. The predicted molar refractivity (Wildman–Crippen MR) is 121 cm³/mol. The number of benzene rings is 3. The zero-order valence-electron chi connectivity index (χ0n) is 17.5. The average Bonchev–Trinajstić information content (AvgIpc) is 3.45. The van der Waals surface area contributed by atoms with Crippen molar-refractivity contribution in [3.63, 3.8) is 0 Å². The lowest BCUT2D eigenvalue weighted by atomic mass is 10.1. The number of hydrogen-bond donors (Lipinski definition) is 1. The molecule has 32 heavy (non-hydrogen) atoms. The second-order valence-electron chi connectivity index (χ2n) is 7.58. The molecule has 0 unspecified atom stereocenters. The van der Waals surface area contributed by atoms with Gasteiger partial charge in [0.2, 0.25) is 0 Å². The van der Waals surface area contributed by atoms with Crippen LogP contribution in [0.2, 0.25) is 0 Å². The highest BCUT2D eigenvalue weighted by Gasteiger charge is 2.09. The van der Waals surface area contributed by atoms with Crippen LogP contribution in [0.5, 0.6) is 0 Å². The third-order valence-corrected chi connectivity index (χ3v) is 5.28. The van der Waals surface area contributed by atoms with Crippen LogP contribution in [0.1, 0.15) is 27.3 Å². The van der Waals surface area contributed by atoms with E-state index in [0.717, 1.165) is 28.7 Å². The fourth-order valence-corrected chi connectivity index (χ4v) is 3.56. The van der Waals surface area contributed by atoms with Gasteiger partial charge in [-0.15, -0.1) is 0 Å². The molecule has 0 fully saturated rings. The second kappa shape index (κ2) is 8.47. The van der Waals surface area contributed by atoms with Crippen LogP contribution in [0.4, 0.5) is 0 Å². The summed E-state index contributed by atoms with van der Waals surface area (Å²) in [5.74, 6) is 0.886. The van der Waals surface area contributed by atoms with Crippen LogP contribution in [0.25, 0.3) is 22.5 Å². The van der Waals surface area contributed by atoms with E-state index in [-0.39, 0.29) is 5.91 Å². The molecule has 0 aliphatic rings. The molecule has 1 N–H and O–H groups in total. The normalized spacial score (nSPS) is 11.0. The van der Waals surface area contributed by atoms with Crippen LogP contribution in [-0.2, 0) is 13.1 Å². The molecule has 1 amide bonds. The Kier molecular flexibility index (Phi) is 5.21. The Morgan fingerprint density at radius 1 is 0.969 bits per heavy atom. The Balaban J connectivity index is 1.19. The molecular formula is C25H21N5O2. The molecule has 5 aromatic rings. The van der Waals surface area contributed by atoms with Crippen molar-refractivity contribution in [1.29, 1.82) is 0 Å². The molecule has 2 heterocycles. The molecule has 0 aliphatic heterocycles. The number of imidazole rings is 1. The van der Waals surface area contributed by atoms with Gasteiger partial charge in [-0.1, -0.05) is 41.6 Å². The van der Waals surface area contributed by atoms with Gasteiger partial charge in [0.25, 0.3) is 11.8 Å². The van der Waals surface area contributed by atoms with E-state index in [1.807, 2.05) is 36.7 Å². The molecule has 7 nitrogen and oxygen atoms in total. The van der Waals surface area contributed by atoms with Crippen LogP contribution >= 0.6 is 0 Å². The maximum Gasteiger partial charge on any atom is 0.257 e. The molecule has 2 aromatic heterocycles. The number of carbonyl (C=O) groups excluding carboxylic acids is 1. The molecule has 0 radical (unpaired) electrons. The third-order valence-electron chi connectivity index (χ3n) is 5.28. The molecule has 0 saturated carbocycles. The van der Waals surface area contributed by atoms with Gasteiger partial charge in [-0.2, -0.15) is 4.98 Å². The van der Waals surface area contributed by atoms with Crippen LogP contribution in [0.15, 0.2) is 83.6 Å². The third kappa shape index (κ3) is 4.13. The van der Waals surface area contributed by atoms with Gasteiger partial charge in [0.1, 0.15) is 0 Å². The minimum absolute atomic E-state index is 0.132. The summed E-state index contributed by atoms with van der Waals surface area (Å²) in [5, 5.41) is 6.75.